The van der Waals surface area contributed by atoms with Gasteiger partial charge in [-0.15, -0.1) is 0 Å². The van der Waals surface area contributed by atoms with Crippen LogP contribution in [-0.4, -0.2) is 67.8 Å². The van der Waals surface area contributed by atoms with Gasteiger partial charge in [0, 0.05) is 25.7 Å². The summed E-state index contributed by atoms with van der Waals surface area (Å²) in [7, 11) is -3.03. The van der Waals surface area contributed by atoms with Gasteiger partial charge in [0.15, 0.2) is 9.84 Å². The van der Waals surface area contributed by atoms with Crippen LogP contribution in [0.2, 0.25) is 0 Å². The number of sulfone groups is 1. The van der Waals surface area contributed by atoms with E-state index >= 15 is 0 Å². The lowest BCUT2D eigenvalue weighted by atomic mass is 10.1. The van der Waals surface area contributed by atoms with Crippen LogP contribution in [0.3, 0.4) is 0 Å². The normalized spacial score (nSPS) is 41.9. The number of rotatable bonds is 1. The van der Waals surface area contributed by atoms with Crippen molar-refractivity contribution in [3.63, 3.8) is 0 Å². The van der Waals surface area contributed by atoms with Crippen LogP contribution in [0.4, 0.5) is 0 Å². The monoisotopic (exact) mass is 234 g/mol. The third-order valence-electron chi connectivity index (χ3n) is 3.27. The minimum atomic E-state index is -3.03. The van der Waals surface area contributed by atoms with Gasteiger partial charge in [0.25, 0.3) is 0 Å². The van der Waals surface area contributed by atoms with Crippen LogP contribution in [0.15, 0.2) is 0 Å². The number of nitrogens with zero attached hydrogens (tertiary/aromatic N) is 1. The first kappa shape index (κ1) is 11.3. The highest BCUT2D eigenvalue weighted by Crippen LogP contribution is 2.21. The molecule has 88 valence electrons. The highest BCUT2D eigenvalue weighted by Gasteiger charge is 2.41. The summed E-state index contributed by atoms with van der Waals surface area (Å²) in [5.41, 5.74) is 0. The lowest BCUT2D eigenvalue weighted by molar-refractivity contribution is 0.0469. The standard InChI is InChI=1S/C9H18N2O3S/c1-7-4-10-2-3-11(7)8-5-15(13,14)6-9(8)12/h7-10,12H,2-6H2,1H3/t7-,8?,9?/m0/s1. The smallest absolute Gasteiger partial charge is 0.154 e. The number of hydrogen-bond donors (Lipinski definition) is 2. The number of piperazine rings is 1. The van der Waals surface area contributed by atoms with Crippen LogP contribution >= 0.6 is 0 Å². The number of nitrogens with one attached hydrogen (secondary N) is 1. The molecule has 2 aliphatic heterocycles. The highest BCUT2D eigenvalue weighted by molar-refractivity contribution is 7.91. The lowest BCUT2D eigenvalue weighted by Gasteiger charge is -2.39. The fourth-order valence-corrected chi connectivity index (χ4v) is 4.29. The summed E-state index contributed by atoms with van der Waals surface area (Å²) in [5, 5.41) is 13.0. The zero-order valence-corrected chi connectivity index (χ0v) is 9.70. The average Bonchev–Trinajstić information content (AvgIpc) is 2.40. The molecule has 5 nitrogen and oxygen atoms in total. The van der Waals surface area contributed by atoms with Crippen LogP contribution in [0.5, 0.6) is 0 Å². The fraction of sp³-hybridized carbons (Fsp3) is 1.00. The average molecular weight is 234 g/mol. The van der Waals surface area contributed by atoms with Crippen LogP contribution < -0.4 is 5.32 Å². The molecule has 0 aromatic heterocycles. The summed E-state index contributed by atoms with van der Waals surface area (Å²) in [5.74, 6) is 0.0345. The third-order valence-corrected chi connectivity index (χ3v) is 4.97. The van der Waals surface area contributed by atoms with E-state index in [1.54, 1.807) is 0 Å². The van der Waals surface area contributed by atoms with E-state index in [9.17, 15) is 13.5 Å². The summed E-state index contributed by atoms with van der Waals surface area (Å²) in [4.78, 5) is 2.12. The molecular weight excluding hydrogens is 216 g/mol. The molecule has 6 heteroatoms. The maximum atomic E-state index is 11.4. The Balaban J connectivity index is 2.10. The Morgan fingerprint density at radius 3 is 2.67 bits per heavy atom. The quantitative estimate of drug-likeness (QED) is 0.574. The summed E-state index contributed by atoms with van der Waals surface area (Å²) < 4.78 is 22.8. The molecule has 0 radical (unpaired) electrons. The Bertz CT molecular complexity index is 330. The van der Waals surface area contributed by atoms with Crippen LogP contribution in [0.25, 0.3) is 0 Å². The molecule has 0 aromatic carbocycles. The molecule has 0 aliphatic carbocycles. The maximum Gasteiger partial charge on any atom is 0.154 e. The van der Waals surface area contributed by atoms with Crippen molar-refractivity contribution >= 4 is 9.84 Å². The molecule has 2 unspecified atom stereocenters. The number of aliphatic hydroxyl groups is 1. The van der Waals surface area contributed by atoms with Gasteiger partial charge in [0.2, 0.25) is 0 Å². The molecule has 0 spiro atoms. The van der Waals surface area contributed by atoms with Crippen molar-refractivity contribution in [1.82, 2.24) is 10.2 Å². The van der Waals surface area contributed by atoms with E-state index in [1.807, 2.05) is 0 Å². The van der Waals surface area contributed by atoms with E-state index in [2.05, 4.69) is 17.1 Å². The summed E-state index contributed by atoms with van der Waals surface area (Å²) in [6.45, 7) is 4.61. The molecule has 0 aromatic rings. The topological polar surface area (TPSA) is 69.6 Å². The van der Waals surface area contributed by atoms with Crippen molar-refractivity contribution < 1.29 is 13.5 Å². The zero-order valence-electron chi connectivity index (χ0n) is 8.89. The second-order valence-corrected chi connectivity index (χ2v) is 6.66. The van der Waals surface area contributed by atoms with Gasteiger partial charge in [-0.05, 0) is 6.92 Å². The van der Waals surface area contributed by atoms with Crippen molar-refractivity contribution in [1.29, 1.82) is 0 Å². The summed E-state index contributed by atoms with van der Waals surface area (Å²) >= 11 is 0. The van der Waals surface area contributed by atoms with E-state index in [0.29, 0.717) is 6.04 Å². The van der Waals surface area contributed by atoms with E-state index in [-0.39, 0.29) is 17.5 Å². The zero-order chi connectivity index (χ0) is 11.1. The molecule has 0 bridgehead atoms. The molecule has 0 saturated carbocycles. The predicted octanol–water partition coefficient (Wildman–Crippen LogP) is -1.56. The van der Waals surface area contributed by atoms with E-state index < -0.39 is 15.9 Å². The Morgan fingerprint density at radius 2 is 2.13 bits per heavy atom. The molecule has 3 atom stereocenters. The second-order valence-electron chi connectivity index (χ2n) is 4.50. The molecule has 2 fully saturated rings. The first-order valence-corrected chi connectivity index (χ1v) is 7.17. The third kappa shape index (κ3) is 2.33. The maximum absolute atomic E-state index is 11.4. The molecule has 2 saturated heterocycles. The van der Waals surface area contributed by atoms with Gasteiger partial charge in [-0.3, -0.25) is 4.90 Å². The minimum Gasteiger partial charge on any atom is -0.390 e. The molecule has 2 aliphatic rings. The largest absolute Gasteiger partial charge is 0.390 e. The van der Waals surface area contributed by atoms with Crippen molar-refractivity contribution in [2.45, 2.75) is 25.1 Å². The van der Waals surface area contributed by atoms with E-state index in [1.165, 1.54) is 0 Å². The van der Waals surface area contributed by atoms with Gasteiger partial charge in [0.05, 0.1) is 23.7 Å². The summed E-state index contributed by atoms with van der Waals surface area (Å²) in [6, 6.07) is 0.0961. The van der Waals surface area contributed by atoms with E-state index in [4.69, 9.17) is 0 Å². The van der Waals surface area contributed by atoms with Gasteiger partial charge >= 0.3 is 0 Å². The molecule has 2 heterocycles. The number of aliphatic hydroxyl groups excluding tert-OH is 1. The first-order chi connectivity index (χ1) is 6.99. The Hall–Kier alpha value is -0.170. The fourth-order valence-electron chi connectivity index (χ4n) is 2.48. The molecule has 2 N–H and O–H groups in total. The van der Waals surface area contributed by atoms with Gasteiger partial charge < -0.3 is 10.4 Å². The van der Waals surface area contributed by atoms with Crippen LogP contribution in [0, 0.1) is 0 Å². The van der Waals surface area contributed by atoms with Crippen molar-refractivity contribution in [3.05, 3.63) is 0 Å². The van der Waals surface area contributed by atoms with Crippen molar-refractivity contribution in [2.75, 3.05) is 31.1 Å². The van der Waals surface area contributed by atoms with E-state index in [0.717, 1.165) is 19.6 Å². The Labute approximate surface area is 90.4 Å². The lowest BCUT2D eigenvalue weighted by Crippen LogP contribution is -2.56. The Morgan fingerprint density at radius 1 is 1.40 bits per heavy atom. The van der Waals surface area contributed by atoms with Crippen LogP contribution in [0.1, 0.15) is 6.92 Å². The SMILES string of the molecule is C[C@H]1CNCCN1C1CS(=O)(=O)CC1O. The first-order valence-electron chi connectivity index (χ1n) is 5.34. The molecule has 0 amide bonds. The number of hydrogen-bond acceptors (Lipinski definition) is 5. The van der Waals surface area contributed by atoms with Gasteiger partial charge in [0.1, 0.15) is 0 Å². The summed E-state index contributed by atoms with van der Waals surface area (Å²) in [6.07, 6.45) is -0.712. The van der Waals surface area contributed by atoms with Crippen molar-refractivity contribution in [3.8, 4) is 0 Å². The second kappa shape index (κ2) is 4.01. The molecule has 2 rings (SSSR count). The minimum absolute atomic E-state index is 0.0751. The molecular formula is C9H18N2O3S. The van der Waals surface area contributed by atoms with Gasteiger partial charge in [-0.25, -0.2) is 8.42 Å². The highest BCUT2D eigenvalue weighted by atomic mass is 32.2. The Kier molecular flexibility index (Phi) is 3.03. The van der Waals surface area contributed by atoms with Gasteiger partial charge in [-0.2, -0.15) is 0 Å². The van der Waals surface area contributed by atoms with Crippen LogP contribution in [-0.2, 0) is 9.84 Å². The predicted molar refractivity (Wildman–Crippen MR) is 57.5 cm³/mol. The molecule has 15 heavy (non-hydrogen) atoms. The van der Waals surface area contributed by atoms with Gasteiger partial charge in [-0.1, -0.05) is 0 Å². The van der Waals surface area contributed by atoms with Crippen molar-refractivity contribution in [2.24, 2.45) is 0 Å².